The molecule has 1 aliphatic heterocycles. The van der Waals surface area contributed by atoms with Crippen LogP contribution >= 0.6 is 0 Å². The van der Waals surface area contributed by atoms with E-state index in [0.29, 0.717) is 0 Å². The van der Waals surface area contributed by atoms with Gasteiger partial charge in [-0.05, 0) is 57.2 Å². The van der Waals surface area contributed by atoms with Crippen LogP contribution in [0.15, 0.2) is 0 Å². The fourth-order valence-corrected chi connectivity index (χ4v) is 4.15. The molecule has 2 atom stereocenters. The molecule has 1 saturated heterocycles. The van der Waals surface area contributed by atoms with Crippen LogP contribution in [0.2, 0.25) is 0 Å². The van der Waals surface area contributed by atoms with E-state index in [1.54, 1.807) is 0 Å². The Labute approximate surface area is 120 Å². The lowest BCUT2D eigenvalue weighted by Crippen LogP contribution is -2.46. The standard InChI is InChI=1S/C17H34N2/c1-3-7-15-10-12-19(13-11-15)14-16-8-5-6-9-17(16)18-4-2/h15-18H,3-14H2,1-2H3. The summed E-state index contributed by atoms with van der Waals surface area (Å²) in [6.07, 6.45) is 11.5. The molecule has 19 heavy (non-hydrogen) atoms. The average Bonchev–Trinajstić information content (AvgIpc) is 2.44. The molecule has 0 aromatic heterocycles. The van der Waals surface area contributed by atoms with Gasteiger partial charge in [0.2, 0.25) is 0 Å². The second kappa shape index (κ2) is 8.26. The second-order valence-corrected chi connectivity index (χ2v) is 6.74. The molecule has 0 aromatic carbocycles. The van der Waals surface area contributed by atoms with Crippen molar-refractivity contribution in [1.82, 2.24) is 10.2 Å². The van der Waals surface area contributed by atoms with Crippen LogP contribution in [-0.4, -0.2) is 37.1 Å². The average molecular weight is 266 g/mol. The van der Waals surface area contributed by atoms with Gasteiger partial charge in [-0.1, -0.05) is 39.5 Å². The number of rotatable bonds is 6. The molecular weight excluding hydrogens is 232 g/mol. The van der Waals surface area contributed by atoms with Gasteiger partial charge in [0.05, 0.1) is 0 Å². The number of likely N-dealkylation sites (tertiary alicyclic amines) is 1. The van der Waals surface area contributed by atoms with E-state index in [2.05, 4.69) is 24.1 Å². The molecule has 1 saturated carbocycles. The first-order valence-corrected chi connectivity index (χ1v) is 8.79. The maximum absolute atomic E-state index is 3.73. The molecule has 1 N–H and O–H groups in total. The molecule has 2 nitrogen and oxygen atoms in total. The van der Waals surface area contributed by atoms with Crippen molar-refractivity contribution in [3.05, 3.63) is 0 Å². The van der Waals surface area contributed by atoms with Crippen LogP contribution in [0.25, 0.3) is 0 Å². The van der Waals surface area contributed by atoms with Crippen LogP contribution in [0.3, 0.4) is 0 Å². The van der Waals surface area contributed by atoms with Crippen molar-refractivity contribution in [3.8, 4) is 0 Å². The van der Waals surface area contributed by atoms with Gasteiger partial charge in [0.15, 0.2) is 0 Å². The van der Waals surface area contributed by atoms with Crippen molar-refractivity contribution in [2.45, 2.75) is 71.3 Å². The molecule has 0 bridgehead atoms. The molecule has 0 aromatic rings. The van der Waals surface area contributed by atoms with Gasteiger partial charge in [-0.2, -0.15) is 0 Å². The van der Waals surface area contributed by atoms with Gasteiger partial charge in [-0.15, -0.1) is 0 Å². The molecule has 0 spiro atoms. The van der Waals surface area contributed by atoms with Crippen molar-refractivity contribution < 1.29 is 0 Å². The molecule has 1 heterocycles. The SMILES string of the molecule is CCCC1CCN(CC2CCCCC2NCC)CC1. The first-order chi connectivity index (χ1) is 9.33. The van der Waals surface area contributed by atoms with Gasteiger partial charge in [0.25, 0.3) is 0 Å². The van der Waals surface area contributed by atoms with Crippen LogP contribution in [0.1, 0.15) is 65.2 Å². The Kier molecular flexibility index (Phi) is 6.66. The van der Waals surface area contributed by atoms with E-state index in [4.69, 9.17) is 0 Å². The summed E-state index contributed by atoms with van der Waals surface area (Å²) in [5.74, 6) is 1.94. The van der Waals surface area contributed by atoms with Crippen LogP contribution in [0.4, 0.5) is 0 Å². The van der Waals surface area contributed by atoms with E-state index in [1.165, 1.54) is 71.0 Å². The summed E-state index contributed by atoms with van der Waals surface area (Å²) in [7, 11) is 0. The highest BCUT2D eigenvalue weighted by Crippen LogP contribution is 2.28. The van der Waals surface area contributed by atoms with E-state index in [0.717, 1.165) is 24.4 Å². The monoisotopic (exact) mass is 266 g/mol. The lowest BCUT2D eigenvalue weighted by molar-refractivity contribution is 0.126. The summed E-state index contributed by atoms with van der Waals surface area (Å²) >= 11 is 0. The Bertz CT molecular complexity index is 231. The fraction of sp³-hybridized carbons (Fsp3) is 1.00. The molecule has 2 fully saturated rings. The smallest absolute Gasteiger partial charge is 0.0107 e. The fourth-order valence-electron chi connectivity index (χ4n) is 4.15. The van der Waals surface area contributed by atoms with E-state index in [-0.39, 0.29) is 0 Å². The minimum atomic E-state index is 0.798. The summed E-state index contributed by atoms with van der Waals surface area (Å²) in [6.45, 7) is 9.80. The van der Waals surface area contributed by atoms with E-state index in [9.17, 15) is 0 Å². The molecular formula is C17H34N2. The predicted octanol–water partition coefficient (Wildman–Crippen LogP) is 3.67. The Morgan fingerprint density at radius 1 is 1.00 bits per heavy atom. The van der Waals surface area contributed by atoms with Gasteiger partial charge in [0, 0.05) is 12.6 Å². The van der Waals surface area contributed by atoms with Crippen LogP contribution in [-0.2, 0) is 0 Å². The minimum absolute atomic E-state index is 0.798. The number of piperidine rings is 1. The summed E-state index contributed by atoms with van der Waals surface area (Å²) in [4.78, 5) is 2.76. The van der Waals surface area contributed by atoms with Crippen LogP contribution in [0, 0.1) is 11.8 Å². The number of hydrogen-bond donors (Lipinski definition) is 1. The summed E-state index contributed by atoms with van der Waals surface area (Å²) in [5.41, 5.74) is 0. The quantitative estimate of drug-likeness (QED) is 0.789. The molecule has 1 aliphatic carbocycles. The van der Waals surface area contributed by atoms with E-state index in [1.807, 2.05) is 0 Å². The van der Waals surface area contributed by atoms with Gasteiger partial charge in [-0.25, -0.2) is 0 Å². The molecule has 2 heteroatoms. The topological polar surface area (TPSA) is 15.3 Å². The van der Waals surface area contributed by atoms with Crippen molar-refractivity contribution in [3.63, 3.8) is 0 Å². The molecule has 0 radical (unpaired) electrons. The maximum atomic E-state index is 3.73. The third-order valence-electron chi connectivity index (χ3n) is 5.27. The third kappa shape index (κ3) is 4.75. The molecule has 0 amide bonds. The zero-order valence-corrected chi connectivity index (χ0v) is 13.2. The second-order valence-electron chi connectivity index (χ2n) is 6.74. The highest BCUT2D eigenvalue weighted by atomic mass is 15.1. The third-order valence-corrected chi connectivity index (χ3v) is 5.27. The van der Waals surface area contributed by atoms with Crippen molar-refractivity contribution in [1.29, 1.82) is 0 Å². The number of nitrogens with zero attached hydrogens (tertiary/aromatic N) is 1. The van der Waals surface area contributed by atoms with Gasteiger partial charge >= 0.3 is 0 Å². The van der Waals surface area contributed by atoms with Crippen LogP contribution < -0.4 is 5.32 Å². The van der Waals surface area contributed by atoms with Crippen molar-refractivity contribution in [2.75, 3.05) is 26.2 Å². The normalized spacial score (nSPS) is 30.6. The highest BCUT2D eigenvalue weighted by molar-refractivity contribution is 4.84. The summed E-state index contributed by atoms with van der Waals surface area (Å²) in [6, 6.07) is 0.798. The molecule has 2 aliphatic rings. The summed E-state index contributed by atoms with van der Waals surface area (Å²) in [5, 5.41) is 3.73. The molecule has 2 unspecified atom stereocenters. The van der Waals surface area contributed by atoms with Crippen molar-refractivity contribution >= 4 is 0 Å². The lowest BCUT2D eigenvalue weighted by Gasteiger charge is -2.39. The first-order valence-electron chi connectivity index (χ1n) is 8.79. The Hall–Kier alpha value is -0.0800. The first kappa shape index (κ1) is 15.3. The molecule has 2 rings (SSSR count). The minimum Gasteiger partial charge on any atom is -0.314 e. The number of nitrogens with one attached hydrogen (secondary N) is 1. The van der Waals surface area contributed by atoms with Gasteiger partial charge < -0.3 is 10.2 Å². The predicted molar refractivity (Wildman–Crippen MR) is 83.5 cm³/mol. The van der Waals surface area contributed by atoms with Gasteiger partial charge in [-0.3, -0.25) is 0 Å². The highest BCUT2D eigenvalue weighted by Gasteiger charge is 2.27. The Balaban J connectivity index is 1.74. The van der Waals surface area contributed by atoms with Crippen molar-refractivity contribution in [2.24, 2.45) is 11.8 Å². The van der Waals surface area contributed by atoms with E-state index < -0.39 is 0 Å². The largest absolute Gasteiger partial charge is 0.314 e. The lowest BCUT2D eigenvalue weighted by atomic mass is 9.83. The summed E-state index contributed by atoms with van der Waals surface area (Å²) < 4.78 is 0. The maximum Gasteiger partial charge on any atom is 0.0107 e. The van der Waals surface area contributed by atoms with Crippen LogP contribution in [0.5, 0.6) is 0 Å². The van der Waals surface area contributed by atoms with Gasteiger partial charge in [0.1, 0.15) is 0 Å². The Morgan fingerprint density at radius 3 is 2.42 bits per heavy atom. The van der Waals surface area contributed by atoms with E-state index >= 15 is 0 Å². The zero-order chi connectivity index (χ0) is 13.5. The zero-order valence-electron chi connectivity index (χ0n) is 13.2. The Morgan fingerprint density at radius 2 is 1.74 bits per heavy atom. The molecule has 112 valence electrons. The number of hydrogen-bond acceptors (Lipinski definition) is 2.